The number of carbonyl (C=O) groups excluding carboxylic acids is 4. The first-order valence-corrected chi connectivity index (χ1v) is 20.2. The summed E-state index contributed by atoms with van der Waals surface area (Å²) in [5.41, 5.74) is 0.585. The van der Waals surface area contributed by atoms with Crippen LogP contribution >= 0.6 is 0 Å². The van der Waals surface area contributed by atoms with Gasteiger partial charge in [0.2, 0.25) is 11.8 Å². The van der Waals surface area contributed by atoms with Gasteiger partial charge in [0.25, 0.3) is 0 Å². The Labute approximate surface area is 322 Å². The topological polar surface area (TPSA) is 122 Å². The van der Waals surface area contributed by atoms with E-state index in [9.17, 15) is 33.1 Å². The molecule has 0 spiro atoms. The van der Waals surface area contributed by atoms with E-state index in [1.165, 1.54) is 0 Å². The van der Waals surface area contributed by atoms with Crippen LogP contribution in [0.3, 0.4) is 0 Å². The number of nitrogens with one attached hydrogen (secondary N) is 2. The molecule has 2 aromatic rings. The first-order chi connectivity index (χ1) is 25.8. The SMILES string of the molecule is CCCCCCCC(=O)NC(CC(=O)CCC(C)(C)CCC(=O)C(O)C(COCc1ccccc1)NC(=O)CCCCCCC)Cc1cc(F)ccc1F. The lowest BCUT2D eigenvalue weighted by Crippen LogP contribution is -2.49. The van der Waals surface area contributed by atoms with Gasteiger partial charge in [-0.2, -0.15) is 0 Å². The molecule has 0 saturated heterocycles. The van der Waals surface area contributed by atoms with E-state index in [-0.39, 0.29) is 62.1 Å². The molecule has 3 unspecified atom stereocenters. The van der Waals surface area contributed by atoms with Gasteiger partial charge in [0.1, 0.15) is 23.5 Å². The van der Waals surface area contributed by atoms with E-state index in [0.29, 0.717) is 25.7 Å². The van der Waals surface area contributed by atoms with E-state index in [4.69, 9.17) is 4.74 Å². The summed E-state index contributed by atoms with van der Waals surface area (Å²) in [6.45, 7) is 8.38. The fourth-order valence-corrected chi connectivity index (χ4v) is 6.40. The summed E-state index contributed by atoms with van der Waals surface area (Å²) in [5, 5.41) is 16.8. The smallest absolute Gasteiger partial charge is 0.220 e. The predicted molar refractivity (Wildman–Crippen MR) is 210 cm³/mol. The van der Waals surface area contributed by atoms with E-state index in [1.54, 1.807) is 0 Å². The molecule has 0 heterocycles. The molecule has 2 aromatic carbocycles. The van der Waals surface area contributed by atoms with Gasteiger partial charge in [0.05, 0.1) is 19.3 Å². The van der Waals surface area contributed by atoms with Crippen LogP contribution in [0.5, 0.6) is 0 Å². The van der Waals surface area contributed by atoms with Crippen LogP contribution in [0.15, 0.2) is 48.5 Å². The second-order valence-electron chi connectivity index (χ2n) is 15.5. The Morgan fingerprint density at radius 3 is 1.98 bits per heavy atom. The van der Waals surface area contributed by atoms with Gasteiger partial charge in [-0.1, -0.05) is 109 Å². The quantitative estimate of drug-likeness (QED) is 0.0685. The second kappa shape index (κ2) is 26.3. The molecule has 0 aliphatic rings. The molecule has 0 aromatic heterocycles. The van der Waals surface area contributed by atoms with Crippen LogP contribution in [0.1, 0.15) is 148 Å². The van der Waals surface area contributed by atoms with Crippen LogP contribution < -0.4 is 10.6 Å². The monoisotopic (exact) mass is 756 g/mol. The number of benzene rings is 2. The summed E-state index contributed by atoms with van der Waals surface area (Å²) in [7, 11) is 0. The summed E-state index contributed by atoms with van der Waals surface area (Å²) >= 11 is 0. The number of amides is 2. The summed E-state index contributed by atoms with van der Waals surface area (Å²) in [4.78, 5) is 52.1. The van der Waals surface area contributed by atoms with Crippen molar-refractivity contribution < 1.29 is 37.8 Å². The molecule has 0 saturated carbocycles. The van der Waals surface area contributed by atoms with Crippen molar-refractivity contribution in [3.63, 3.8) is 0 Å². The second-order valence-corrected chi connectivity index (χ2v) is 15.5. The molecular formula is C44H66F2N2O6. The van der Waals surface area contributed by atoms with E-state index in [0.717, 1.165) is 88.0 Å². The highest BCUT2D eigenvalue weighted by molar-refractivity contribution is 5.85. The number of unbranched alkanes of at least 4 members (excludes halogenated alkanes) is 8. The first-order valence-electron chi connectivity index (χ1n) is 20.2. The third-order valence-electron chi connectivity index (χ3n) is 9.92. The highest BCUT2D eigenvalue weighted by Crippen LogP contribution is 2.29. The van der Waals surface area contributed by atoms with Gasteiger partial charge in [0, 0.05) is 38.1 Å². The number of Topliss-reactive ketones (excluding diaryl/α,β-unsaturated/α-hetero) is 2. The molecule has 10 heteroatoms. The van der Waals surface area contributed by atoms with E-state index >= 15 is 0 Å². The van der Waals surface area contributed by atoms with Gasteiger partial charge in [-0.05, 0) is 66.8 Å². The maximum absolute atomic E-state index is 14.5. The molecular weight excluding hydrogens is 690 g/mol. The van der Waals surface area contributed by atoms with Gasteiger partial charge >= 0.3 is 0 Å². The zero-order valence-electron chi connectivity index (χ0n) is 33.2. The van der Waals surface area contributed by atoms with Crippen LogP contribution in [0.4, 0.5) is 8.78 Å². The van der Waals surface area contributed by atoms with Crippen molar-refractivity contribution in [1.82, 2.24) is 10.6 Å². The molecule has 0 bridgehead atoms. The van der Waals surface area contributed by atoms with Crippen molar-refractivity contribution in [3.8, 4) is 0 Å². The summed E-state index contributed by atoms with van der Waals surface area (Å²) in [5.74, 6) is -2.18. The Kier molecular flexibility index (Phi) is 22.7. The Morgan fingerprint density at radius 2 is 1.35 bits per heavy atom. The lowest BCUT2D eigenvalue weighted by molar-refractivity contribution is -0.132. The molecule has 0 radical (unpaired) electrons. The standard InChI is InChI=1S/C44H66F2N2O6/c1-5-7-9-11-16-20-41(51)47-36(29-34-28-35(45)22-23-38(34)46)30-37(49)24-26-44(3,4)27-25-40(50)43(53)39(32-54-31-33-18-14-13-15-19-33)48-42(52)21-17-12-10-8-6-2/h13-15,18-19,22-23,28,36,39,43,53H,5-12,16-17,20-21,24-27,29-32H2,1-4H3,(H,47,51)(H,48,52). The number of carbonyl (C=O) groups is 4. The number of hydrogen-bond donors (Lipinski definition) is 3. The molecule has 0 aliphatic heterocycles. The minimum atomic E-state index is -1.46. The zero-order chi connectivity index (χ0) is 39.8. The number of hydrogen-bond acceptors (Lipinski definition) is 6. The van der Waals surface area contributed by atoms with Gasteiger partial charge < -0.3 is 20.5 Å². The van der Waals surface area contributed by atoms with Crippen LogP contribution in [0.2, 0.25) is 0 Å². The van der Waals surface area contributed by atoms with Crippen molar-refractivity contribution >= 4 is 23.4 Å². The Hall–Kier alpha value is -3.50. The molecule has 2 rings (SSSR count). The maximum atomic E-state index is 14.5. The number of ether oxygens (including phenoxy) is 1. The highest BCUT2D eigenvalue weighted by Gasteiger charge is 2.30. The average Bonchev–Trinajstić information content (AvgIpc) is 3.14. The molecule has 54 heavy (non-hydrogen) atoms. The normalized spacial score (nSPS) is 13.2. The molecule has 3 N–H and O–H groups in total. The molecule has 302 valence electrons. The fourth-order valence-electron chi connectivity index (χ4n) is 6.40. The van der Waals surface area contributed by atoms with Crippen molar-refractivity contribution in [1.29, 1.82) is 0 Å². The molecule has 2 amide bonds. The van der Waals surface area contributed by atoms with Crippen molar-refractivity contribution in [2.75, 3.05) is 6.61 Å². The lowest BCUT2D eigenvalue weighted by atomic mass is 9.81. The fraction of sp³-hybridized carbons (Fsp3) is 0.636. The van der Waals surface area contributed by atoms with E-state index in [1.807, 2.05) is 44.2 Å². The summed E-state index contributed by atoms with van der Waals surface area (Å²) in [6, 6.07) is 11.1. The lowest BCUT2D eigenvalue weighted by Gasteiger charge is -2.27. The minimum absolute atomic E-state index is 0.0156. The number of aliphatic hydroxyl groups excluding tert-OH is 1. The Balaban J connectivity index is 1.96. The number of aliphatic hydroxyl groups is 1. The van der Waals surface area contributed by atoms with E-state index < -0.39 is 41.0 Å². The van der Waals surface area contributed by atoms with Gasteiger partial charge in [-0.25, -0.2) is 8.78 Å². The third-order valence-corrected chi connectivity index (χ3v) is 9.92. The van der Waals surface area contributed by atoms with Crippen LogP contribution in [0, 0.1) is 17.0 Å². The summed E-state index contributed by atoms with van der Waals surface area (Å²) < 4.78 is 34.3. The summed E-state index contributed by atoms with van der Waals surface area (Å²) in [6.07, 6.45) is 9.98. The van der Waals surface area contributed by atoms with Crippen molar-refractivity contribution in [2.45, 2.75) is 168 Å². The largest absolute Gasteiger partial charge is 0.383 e. The van der Waals surface area contributed by atoms with Gasteiger partial charge in [0.15, 0.2) is 5.78 Å². The molecule has 0 aliphatic carbocycles. The average molecular weight is 757 g/mol. The minimum Gasteiger partial charge on any atom is -0.383 e. The van der Waals surface area contributed by atoms with E-state index in [2.05, 4.69) is 24.5 Å². The van der Waals surface area contributed by atoms with Crippen LogP contribution in [0.25, 0.3) is 0 Å². The molecule has 8 nitrogen and oxygen atoms in total. The van der Waals surface area contributed by atoms with Crippen molar-refractivity contribution in [3.05, 3.63) is 71.3 Å². The molecule has 0 fully saturated rings. The predicted octanol–water partition coefficient (Wildman–Crippen LogP) is 8.89. The number of halogens is 2. The van der Waals surface area contributed by atoms with Crippen molar-refractivity contribution in [2.24, 2.45) is 5.41 Å². The zero-order valence-corrected chi connectivity index (χ0v) is 33.2. The Bertz CT molecular complexity index is 1400. The third kappa shape index (κ3) is 20.3. The van der Waals surface area contributed by atoms with Crippen LogP contribution in [-0.2, 0) is 36.9 Å². The molecule has 3 atom stereocenters. The van der Waals surface area contributed by atoms with Gasteiger partial charge in [-0.15, -0.1) is 0 Å². The maximum Gasteiger partial charge on any atom is 0.220 e. The number of rotatable bonds is 30. The first kappa shape index (κ1) is 46.7. The number of ketones is 2. The van der Waals surface area contributed by atoms with Gasteiger partial charge in [-0.3, -0.25) is 19.2 Å². The highest BCUT2D eigenvalue weighted by atomic mass is 19.1. The Morgan fingerprint density at radius 1 is 0.759 bits per heavy atom. The van der Waals surface area contributed by atoms with Crippen LogP contribution in [-0.4, -0.2) is 53.3 Å².